The fourth-order valence-electron chi connectivity index (χ4n) is 1.17. The minimum absolute atomic E-state index is 0.0622. The third-order valence-electron chi connectivity index (χ3n) is 2.00. The summed E-state index contributed by atoms with van der Waals surface area (Å²) in [5.41, 5.74) is 0.0622. The van der Waals surface area contributed by atoms with E-state index in [0.717, 1.165) is 17.3 Å². The molecular weight excluding hydrogens is 222 g/mol. The summed E-state index contributed by atoms with van der Waals surface area (Å²) in [4.78, 5) is 0. The zero-order valence-electron chi connectivity index (χ0n) is 10.2. The first-order chi connectivity index (χ1) is 7.47. The Balaban J connectivity index is 2.09. The molecule has 1 heterocycles. The van der Waals surface area contributed by atoms with Gasteiger partial charge in [0.1, 0.15) is 5.76 Å². The van der Waals surface area contributed by atoms with Crippen molar-refractivity contribution >= 4 is 11.8 Å². The smallest absolute Gasteiger partial charge is 0.113 e. The summed E-state index contributed by atoms with van der Waals surface area (Å²) in [5, 5.41) is 13.0. The maximum atomic E-state index is 9.73. The average Bonchev–Trinajstić information content (AvgIpc) is 2.66. The van der Waals surface area contributed by atoms with Gasteiger partial charge in [-0.05, 0) is 32.9 Å². The summed E-state index contributed by atoms with van der Waals surface area (Å²) in [7, 11) is 0. The number of thioether (sulfide) groups is 1. The van der Waals surface area contributed by atoms with Crippen LogP contribution in [0, 0.1) is 0 Å². The van der Waals surface area contributed by atoms with Crippen molar-refractivity contribution < 1.29 is 9.52 Å². The average molecular weight is 243 g/mol. The maximum Gasteiger partial charge on any atom is 0.113 e. The molecule has 0 spiro atoms. The van der Waals surface area contributed by atoms with Crippen molar-refractivity contribution in [2.45, 2.75) is 38.2 Å². The molecule has 0 aliphatic rings. The van der Waals surface area contributed by atoms with Gasteiger partial charge in [-0.1, -0.05) is 0 Å². The molecule has 0 saturated carbocycles. The first kappa shape index (κ1) is 13.6. The molecule has 0 aromatic carbocycles. The van der Waals surface area contributed by atoms with Gasteiger partial charge in [-0.2, -0.15) is 11.8 Å². The monoisotopic (exact) mass is 243 g/mol. The second-order valence-electron chi connectivity index (χ2n) is 4.88. The predicted octanol–water partition coefficient (Wildman–Crippen LogP) is 2.26. The second kappa shape index (κ2) is 6.33. The maximum absolute atomic E-state index is 9.73. The zero-order valence-corrected chi connectivity index (χ0v) is 11.0. The van der Waals surface area contributed by atoms with E-state index in [1.54, 1.807) is 18.0 Å². The molecule has 1 rings (SSSR count). The van der Waals surface area contributed by atoms with Crippen molar-refractivity contribution in [2.75, 3.05) is 12.3 Å². The largest absolute Gasteiger partial charge is 0.468 e. The zero-order chi connectivity index (χ0) is 12.0. The van der Waals surface area contributed by atoms with Crippen molar-refractivity contribution in [3.05, 3.63) is 24.2 Å². The van der Waals surface area contributed by atoms with Gasteiger partial charge in [0, 0.05) is 17.8 Å². The number of β-amino-alcohol motifs (C(OH)–C–C–N with tert-alkyl or cyclic N) is 1. The van der Waals surface area contributed by atoms with Crippen LogP contribution in [0.1, 0.15) is 26.5 Å². The molecule has 92 valence electrons. The van der Waals surface area contributed by atoms with E-state index in [4.69, 9.17) is 4.42 Å². The highest BCUT2D eigenvalue weighted by atomic mass is 32.2. The lowest BCUT2D eigenvalue weighted by molar-refractivity contribution is 0.183. The normalized spacial score (nSPS) is 14.0. The molecule has 0 saturated heterocycles. The van der Waals surface area contributed by atoms with Gasteiger partial charge in [0.25, 0.3) is 0 Å². The number of rotatable bonds is 6. The summed E-state index contributed by atoms with van der Waals surface area (Å²) in [6, 6.07) is 3.83. The summed E-state index contributed by atoms with van der Waals surface area (Å²) in [6.07, 6.45) is 1.37. The van der Waals surface area contributed by atoms with Crippen LogP contribution >= 0.6 is 11.8 Å². The Morgan fingerprint density at radius 2 is 2.25 bits per heavy atom. The van der Waals surface area contributed by atoms with Crippen LogP contribution in [0.2, 0.25) is 0 Å². The lowest BCUT2D eigenvalue weighted by atomic mass is 10.1. The van der Waals surface area contributed by atoms with Crippen molar-refractivity contribution in [2.24, 2.45) is 0 Å². The van der Waals surface area contributed by atoms with Gasteiger partial charge in [-0.25, -0.2) is 0 Å². The van der Waals surface area contributed by atoms with Crippen molar-refractivity contribution in [3.8, 4) is 0 Å². The molecule has 16 heavy (non-hydrogen) atoms. The van der Waals surface area contributed by atoms with Gasteiger partial charge in [-0.15, -0.1) is 0 Å². The van der Waals surface area contributed by atoms with Gasteiger partial charge < -0.3 is 14.8 Å². The summed E-state index contributed by atoms with van der Waals surface area (Å²) >= 11 is 1.69. The summed E-state index contributed by atoms with van der Waals surface area (Å²) in [6.45, 7) is 6.91. The first-order valence-corrected chi connectivity index (χ1v) is 6.66. The van der Waals surface area contributed by atoms with Crippen molar-refractivity contribution in [1.82, 2.24) is 5.32 Å². The first-order valence-electron chi connectivity index (χ1n) is 5.50. The minimum atomic E-state index is -0.306. The van der Waals surface area contributed by atoms with Crippen molar-refractivity contribution in [1.29, 1.82) is 0 Å². The molecule has 1 aromatic heterocycles. The summed E-state index contributed by atoms with van der Waals surface area (Å²) < 4.78 is 5.21. The van der Waals surface area contributed by atoms with E-state index in [1.165, 1.54) is 0 Å². The molecular formula is C12H21NO2S. The minimum Gasteiger partial charge on any atom is -0.468 e. The Labute approximate surface area is 102 Å². The highest BCUT2D eigenvalue weighted by Gasteiger charge is 2.12. The van der Waals surface area contributed by atoms with Crippen LogP contribution in [-0.4, -0.2) is 29.0 Å². The van der Waals surface area contributed by atoms with Crippen molar-refractivity contribution in [3.63, 3.8) is 0 Å². The van der Waals surface area contributed by atoms with E-state index in [-0.39, 0.29) is 11.6 Å². The van der Waals surface area contributed by atoms with Crippen LogP contribution in [0.25, 0.3) is 0 Å². The topological polar surface area (TPSA) is 45.4 Å². The van der Waals surface area contributed by atoms with Gasteiger partial charge in [0.05, 0.1) is 18.1 Å². The second-order valence-corrected chi connectivity index (χ2v) is 5.91. The molecule has 0 aliphatic heterocycles. The molecule has 1 atom stereocenters. The molecule has 1 unspecified atom stereocenters. The number of aliphatic hydroxyl groups is 1. The molecule has 0 fully saturated rings. The van der Waals surface area contributed by atoms with Crippen LogP contribution in [0.15, 0.2) is 22.8 Å². The predicted molar refractivity (Wildman–Crippen MR) is 68.6 cm³/mol. The summed E-state index contributed by atoms with van der Waals surface area (Å²) in [5.74, 6) is 2.50. The van der Waals surface area contributed by atoms with E-state index in [0.29, 0.717) is 6.54 Å². The Kier molecular flexibility index (Phi) is 5.38. The Bertz CT molecular complexity index is 280. The molecule has 0 radical (unpaired) electrons. The highest BCUT2D eigenvalue weighted by molar-refractivity contribution is 7.98. The molecule has 3 nitrogen and oxygen atoms in total. The quantitative estimate of drug-likeness (QED) is 0.804. The lowest BCUT2D eigenvalue weighted by Crippen LogP contribution is -2.41. The van der Waals surface area contributed by atoms with E-state index in [9.17, 15) is 5.11 Å². The fourth-order valence-corrected chi connectivity index (χ4v) is 2.05. The fraction of sp³-hybridized carbons (Fsp3) is 0.667. The number of hydrogen-bond donors (Lipinski definition) is 2. The van der Waals surface area contributed by atoms with E-state index >= 15 is 0 Å². The number of nitrogens with one attached hydrogen (secondary N) is 1. The SMILES string of the molecule is CC(C)(C)NCC(O)CSCc1ccco1. The van der Waals surface area contributed by atoms with Crippen LogP contribution in [-0.2, 0) is 5.75 Å². The third kappa shape index (κ3) is 6.20. The molecule has 0 bridgehead atoms. The van der Waals surface area contributed by atoms with Crippen LogP contribution in [0.3, 0.4) is 0 Å². The van der Waals surface area contributed by atoms with E-state index < -0.39 is 0 Å². The van der Waals surface area contributed by atoms with Gasteiger partial charge >= 0.3 is 0 Å². The Hall–Kier alpha value is -0.450. The number of aliphatic hydroxyl groups excluding tert-OH is 1. The van der Waals surface area contributed by atoms with Gasteiger partial charge in [-0.3, -0.25) is 0 Å². The van der Waals surface area contributed by atoms with E-state index in [2.05, 4.69) is 26.1 Å². The van der Waals surface area contributed by atoms with Crippen LogP contribution in [0.5, 0.6) is 0 Å². The number of hydrogen-bond acceptors (Lipinski definition) is 4. The molecule has 2 N–H and O–H groups in total. The Morgan fingerprint density at radius 1 is 1.50 bits per heavy atom. The highest BCUT2D eigenvalue weighted by Crippen LogP contribution is 2.13. The van der Waals surface area contributed by atoms with Gasteiger partial charge in [0.15, 0.2) is 0 Å². The van der Waals surface area contributed by atoms with Crippen LogP contribution < -0.4 is 5.32 Å². The molecule has 1 aromatic rings. The molecule has 0 amide bonds. The molecule has 0 aliphatic carbocycles. The van der Waals surface area contributed by atoms with E-state index in [1.807, 2.05) is 12.1 Å². The van der Waals surface area contributed by atoms with Crippen LogP contribution in [0.4, 0.5) is 0 Å². The molecule has 4 heteroatoms. The number of furan rings is 1. The Morgan fingerprint density at radius 3 is 2.81 bits per heavy atom. The standard InChI is InChI=1S/C12H21NO2S/c1-12(2,3)13-7-10(14)8-16-9-11-5-4-6-15-11/h4-6,10,13-14H,7-9H2,1-3H3. The third-order valence-corrected chi connectivity index (χ3v) is 3.11. The lowest BCUT2D eigenvalue weighted by Gasteiger charge is -2.22. The van der Waals surface area contributed by atoms with Gasteiger partial charge in [0.2, 0.25) is 0 Å².